The van der Waals surface area contributed by atoms with Crippen molar-refractivity contribution in [3.63, 3.8) is 0 Å². The van der Waals surface area contributed by atoms with Gasteiger partial charge in [-0.1, -0.05) is 49.0 Å². The first kappa shape index (κ1) is 20.4. The maximum absolute atomic E-state index is 7.19. The van der Waals surface area contributed by atoms with Crippen LogP contribution in [0.25, 0.3) is 5.70 Å². The van der Waals surface area contributed by atoms with E-state index in [4.69, 9.17) is 16.9 Å². The molecular formula is C21H26N7+. The molecule has 2 aromatic carbocycles. The third-order valence-electron chi connectivity index (χ3n) is 4.06. The zero-order chi connectivity index (χ0) is 20.4. The first-order chi connectivity index (χ1) is 13.6. The molecule has 2 rings (SSSR count). The first-order valence-corrected chi connectivity index (χ1v) is 8.68. The van der Waals surface area contributed by atoms with Crippen molar-refractivity contribution in [2.24, 2.45) is 16.5 Å². The lowest BCUT2D eigenvalue weighted by Crippen LogP contribution is -2.30. The van der Waals surface area contributed by atoms with Crippen LogP contribution in [0.1, 0.15) is 11.1 Å². The molecule has 0 heterocycles. The number of hydrazine groups is 1. The highest BCUT2D eigenvalue weighted by atomic mass is 15.4. The van der Waals surface area contributed by atoms with E-state index in [2.05, 4.69) is 29.0 Å². The van der Waals surface area contributed by atoms with Crippen LogP contribution in [0.3, 0.4) is 0 Å². The minimum atomic E-state index is -0.290. The SMILES string of the molecule is C=NC(=C)C(/C=C(\N)c1ccccc1)Nc1ccc(CN[N+](C=N)=CN)cc1. The van der Waals surface area contributed by atoms with E-state index >= 15 is 0 Å². The quantitative estimate of drug-likeness (QED) is 0.189. The van der Waals surface area contributed by atoms with Crippen molar-refractivity contribution in [3.05, 3.63) is 84.1 Å². The summed E-state index contributed by atoms with van der Waals surface area (Å²) in [4.78, 5) is 3.96. The van der Waals surface area contributed by atoms with Crippen molar-refractivity contribution >= 4 is 30.8 Å². The molecule has 7 nitrogen and oxygen atoms in total. The highest BCUT2D eigenvalue weighted by Crippen LogP contribution is 2.18. The largest absolute Gasteiger partial charge is 0.398 e. The van der Waals surface area contributed by atoms with Gasteiger partial charge < -0.3 is 16.8 Å². The van der Waals surface area contributed by atoms with Gasteiger partial charge in [-0.25, -0.2) is 0 Å². The molecule has 0 spiro atoms. The summed E-state index contributed by atoms with van der Waals surface area (Å²) in [7, 11) is 0. The molecule has 0 saturated heterocycles. The minimum absolute atomic E-state index is 0.290. The van der Waals surface area contributed by atoms with Gasteiger partial charge in [0, 0.05) is 11.4 Å². The highest BCUT2D eigenvalue weighted by Gasteiger charge is 2.10. The van der Waals surface area contributed by atoms with Gasteiger partial charge in [0.05, 0.1) is 18.3 Å². The minimum Gasteiger partial charge on any atom is -0.398 e. The molecule has 0 bridgehead atoms. The van der Waals surface area contributed by atoms with E-state index in [0.29, 0.717) is 17.9 Å². The van der Waals surface area contributed by atoms with Gasteiger partial charge in [0.25, 0.3) is 0 Å². The summed E-state index contributed by atoms with van der Waals surface area (Å²) in [5.74, 6) is 0. The number of rotatable bonds is 10. The van der Waals surface area contributed by atoms with Crippen molar-refractivity contribution < 1.29 is 4.68 Å². The number of hydrazone groups is 1. The fraction of sp³-hybridized carbons (Fsp3) is 0.0952. The lowest BCUT2D eigenvalue weighted by molar-refractivity contribution is -0.468. The standard InChI is InChI=1S/C21H25N7/c1-16(25-2)21(12-20(24)18-6-4-3-5-7-18)27-19-10-8-17(9-11-19)13-26-28(14-22)15-23/h3-12,14-15,21-23,26-27H,1-2,13,24H2/p+1/b20-12-,22-14?. The number of hydrogen-bond donors (Lipinski definition) is 5. The van der Waals surface area contributed by atoms with E-state index < -0.39 is 0 Å². The zero-order valence-corrected chi connectivity index (χ0v) is 15.7. The molecule has 144 valence electrons. The third-order valence-corrected chi connectivity index (χ3v) is 4.06. The molecule has 7 N–H and O–H groups in total. The molecule has 2 aromatic rings. The first-order valence-electron chi connectivity index (χ1n) is 8.68. The van der Waals surface area contributed by atoms with E-state index in [9.17, 15) is 0 Å². The van der Waals surface area contributed by atoms with E-state index in [1.807, 2.05) is 60.7 Å². The molecule has 0 aliphatic rings. The molecule has 0 aromatic heterocycles. The number of hydrogen-bond acceptors (Lipinski definition) is 5. The third kappa shape index (κ3) is 5.84. The predicted molar refractivity (Wildman–Crippen MR) is 117 cm³/mol. The van der Waals surface area contributed by atoms with Gasteiger partial charge in [0.1, 0.15) is 0 Å². The second-order valence-corrected chi connectivity index (χ2v) is 5.98. The molecule has 28 heavy (non-hydrogen) atoms. The average Bonchev–Trinajstić information content (AvgIpc) is 2.75. The summed E-state index contributed by atoms with van der Waals surface area (Å²) < 4.78 is 1.37. The topological polar surface area (TPSA) is 115 Å². The molecule has 0 radical (unpaired) electrons. The predicted octanol–water partition coefficient (Wildman–Crippen LogP) is 2.29. The van der Waals surface area contributed by atoms with Gasteiger partial charge in [-0.05, 0) is 36.1 Å². The Labute approximate surface area is 165 Å². The molecule has 0 amide bonds. The smallest absolute Gasteiger partial charge is 0.238 e. The van der Waals surface area contributed by atoms with Crippen LogP contribution >= 0.6 is 0 Å². The molecular weight excluding hydrogens is 350 g/mol. The second-order valence-electron chi connectivity index (χ2n) is 5.98. The van der Waals surface area contributed by atoms with Gasteiger partial charge in [-0.2, -0.15) is 5.41 Å². The van der Waals surface area contributed by atoms with Gasteiger partial charge in [-0.15, -0.1) is 4.68 Å². The van der Waals surface area contributed by atoms with Crippen LogP contribution in [0, 0.1) is 5.41 Å². The van der Waals surface area contributed by atoms with E-state index in [-0.39, 0.29) is 6.04 Å². The average molecular weight is 376 g/mol. The number of anilines is 1. The van der Waals surface area contributed by atoms with Crippen molar-refractivity contribution in [1.29, 1.82) is 5.41 Å². The molecule has 1 atom stereocenters. The lowest BCUT2D eigenvalue weighted by atomic mass is 10.1. The molecule has 0 aliphatic carbocycles. The summed E-state index contributed by atoms with van der Waals surface area (Å²) >= 11 is 0. The number of benzene rings is 2. The van der Waals surface area contributed by atoms with Crippen LogP contribution in [-0.4, -0.2) is 30.1 Å². The normalized spacial score (nSPS) is 12.7. The van der Waals surface area contributed by atoms with Crippen LogP contribution in [-0.2, 0) is 6.54 Å². The number of nitrogens with zero attached hydrogens (tertiary/aromatic N) is 2. The van der Waals surface area contributed by atoms with Crippen LogP contribution in [0.4, 0.5) is 5.69 Å². The van der Waals surface area contributed by atoms with E-state index in [1.54, 1.807) is 0 Å². The Bertz CT molecular complexity index is 867. The Hall–Kier alpha value is -3.87. The van der Waals surface area contributed by atoms with Crippen LogP contribution in [0.5, 0.6) is 0 Å². The van der Waals surface area contributed by atoms with Gasteiger partial charge in [0.15, 0.2) is 0 Å². The van der Waals surface area contributed by atoms with Crippen LogP contribution in [0.15, 0.2) is 77.9 Å². The Morgan fingerprint density at radius 1 is 1.18 bits per heavy atom. The van der Waals surface area contributed by atoms with Crippen molar-refractivity contribution in [2.45, 2.75) is 12.6 Å². The van der Waals surface area contributed by atoms with E-state index in [1.165, 1.54) is 11.0 Å². The molecule has 0 aliphatic heterocycles. The molecule has 7 heteroatoms. The second kappa shape index (κ2) is 10.3. The summed E-state index contributed by atoms with van der Waals surface area (Å²) in [6, 6.07) is 17.3. The Morgan fingerprint density at radius 2 is 1.86 bits per heavy atom. The maximum atomic E-state index is 7.19. The fourth-order valence-corrected chi connectivity index (χ4v) is 2.45. The van der Waals surface area contributed by atoms with Crippen molar-refractivity contribution in [2.75, 3.05) is 5.32 Å². The summed E-state index contributed by atoms with van der Waals surface area (Å²) in [5, 5.41) is 10.6. The number of nitrogens with one attached hydrogen (secondary N) is 3. The lowest BCUT2D eigenvalue weighted by Gasteiger charge is -2.18. The van der Waals surface area contributed by atoms with Gasteiger partial charge in [0.2, 0.25) is 12.7 Å². The van der Waals surface area contributed by atoms with Crippen LogP contribution in [0.2, 0.25) is 0 Å². The Morgan fingerprint density at radius 3 is 2.43 bits per heavy atom. The fourth-order valence-electron chi connectivity index (χ4n) is 2.45. The molecule has 1 unspecified atom stereocenters. The van der Waals surface area contributed by atoms with Crippen molar-refractivity contribution in [3.8, 4) is 0 Å². The van der Waals surface area contributed by atoms with Crippen molar-refractivity contribution in [1.82, 2.24) is 5.43 Å². The summed E-state index contributed by atoms with van der Waals surface area (Å²) in [5.41, 5.74) is 18.7. The molecule has 0 saturated carbocycles. The highest BCUT2D eigenvalue weighted by molar-refractivity contribution is 5.65. The summed E-state index contributed by atoms with van der Waals surface area (Å²) in [6.45, 7) is 8.06. The number of aliphatic imine (C=N–C) groups is 1. The molecule has 0 fully saturated rings. The summed E-state index contributed by atoms with van der Waals surface area (Å²) in [6.07, 6.45) is 4.25. The monoisotopic (exact) mass is 376 g/mol. The maximum Gasteiger partial charge on any atom is 0.238 e. The Balaban J connectivity index is 2.11. The van der Waals surface area contributed by atoms with E-state index in [0.717, 1.165) is 23.2 Å². The van der Waals surface area contributed by atoms with Gasteiger partial charge >= 0.3 is 0 Å². The Kier molecular flexibility index (Phi) is 7.53. The van der Waals surface area contributed by atoms with Gasteiger partial charge in [-0.3, -0.25) is 10.4 Å². The zero-order valence-electron chi connectivity index (χ0n) is 15.7. The number of nitrogens with two attached hydrogens (primary N) is 2. The van der Waals surface area contributed by atoms with Crippen LogP contribution < -0.4 is 22.2 Å².